The van der Waals surface area contributed by atoms with Gasteiger partial charge in [0, 0.05) is 23.7 Å². The second-order valence-corrected chi connectivity index (χ2v) is 7.90. The quantitative estimate of drug-likeness (QED) is 0.566. The lowest BCUT2D eigenvalue weighted by Gasteiger charge is -2.36. The molecule has 1 aromatic heterocycles. The number of carbonyl (C=O) groups excluding carboxylic acids is 1. The highest BCUT2D eigenvalue weighted by Crippen LogP contribution is 2.42. The van der Waals surface area contributed by atoms with Crippen molar-refractivity contribution < 1.29 is 49.4 Å². The summed E-state index contributed by atoms with van der Waals surface area (Å²) >= 11 is 0. The molecule has 0 fully saturated rings. The number of halogens is 8. The summed E-state index contributed by atoms with van der Waals surface area (Å²) in [5.41, 5.74) is 1.77. The molecule has 0 saturated carbocycles. The van der Waals surface area contributed by atoms with Crippen molar-refractivity contribution in [1.82, 2.24) is 9.97 Å². The number of nitrogens with one attached hydrogen (secondary N) is 1. The third-order valence-corrected chi connectivity index (χ3v) is 4.96. The zero-order chi connectivity index (χ0) is 27.1. The molecule has 0 aliphatic carbocycles. The second-order valence-electron chi connectivity index (χ2n) is 7.90. The Kier molecular flexibility index (Phi) is 7.01. The maximum atomic E-state index is 14.7. The molecule has 8 nitrogen and oxygen atoms in total. The van der Waals surface area contributed by atoms with Crippen molar-refractivity contribution in [2.24, 2.45) is 10.7 Å². The van der Waals surface area contributed by atoms with Gasteiger partial charge in [-0.1, -0.05) is 0 Å². The van der Waals surface area contributed by atoms with Crippen LogP contribution < -0.4 is 15.8 Å². The molecule has 2 atom stereocenters. The summed E-state index contributed by atoms with van der Waals surface area (Å²) < 4.78 is 114. The van der Waals surface area contributed by atoms with E-state index in [9.17, 15) is 39.9 Å². The van der Waals surface area contributed by atoms with E-state index in [0.717, 1.165) is 19.2 Å². The van der Waals surface area contributed by atoms with Crippen molar-refractivity contribution in [2.75, 3.05) is 11.9 Å². The van der Waals surface area contributed by atoms with Crippen molar-refractivity contribution in [3.63, 3.8) is 0 Å². The van der Waals surface area contributed by atoms with Crippen molar-refractivity contribution >= 4 is 17.6 Å². The molecule has 36 heavy (non-hydrogen) atoms. The Morgan fingerprint density at radius 1 is 1.25 bits per heavy atom. The first-order valence-electron chi connectivity index (χ1n) is 9.91. The SMILES string of the molecule is Cc1nc(OCC(F)(F)F)cnc1C(=O)Nc1cc(F)c(F)c([C@@]2(C)C[C@@H](C(F)(F)F)OC(N)=N2)c1. The Bertz CT molecular complexity index is 1200. The average molecular weight is 527 g/mol. The van der Waals surface area contributed by atoms with Crippen LogP contribution in [0.25, 0.3) is 0 Å². The van der Waals surface area contributed by atoms with Gasteiger partial charge in [0.15, 0.2) is 24.3 Å². The Balaban J connectivity index is 1.88. The van der Waals surface area contributed by atoms with E-state index in [2.05, 4.69) is 29.8 Å². The molecule has 2 aromatic rings. The first-order valence-corrected chi connectivity index (χ1v) is 9.91. The lowest BCUT2D eigenvalue weighted by molar-refractivity contribution is -0.208. The number of benzene rings is 1. The van der Waals surface area contributed by atoms with Crippen LogP contribution in [0.4, 0.5) is 40.8 Å². The summed E-state index contributed by atoms with van der Waals surface area (Å²) in [6.07, 6.45) is -12.1. The Hall–Kier alpha value is -3.72. The average Bonchev–Trinajstić information content (AvgIpc) is 2.72. The van der Waals surface area contributed by atoms with Gasteiger partial charge >= 0.3 is 12.4 Å². The van der Waals surface area contributed by atoms with Crippen LogP contribution in [0.5, 0.6) is 5.88 Å². The smallest absolute Gasteiger partial charge is 0.425 e. The number of aromatic nitrogens is 2. The van der Waals surface area contributed by atoms with Gasteiger partial charge in [0.1, 0.15) is 5.69 Å². The van der Waals surface area contributed by atoms with Gasteiger partial charge in [-0.25, -0.2) is 23.7 Å². The van der Waals surface area contributed by atoms with Crippen LogP contribution in [0, 0.1) is 18.6 Å². The van der Waals surface area contributed by atoms with E-state index in [-0.39, 0.29) is 11.4 Å². The molecule has 3 N–H and O–H groups in total. The van der Waals surface area contributed by atoms with E-state index in [1.165, 1.54) is 6.92 Å². The number of rotatable bonds is 5. The molecular formula is C20H17F8N5O3. The number of carbonyl (C=O) groups is 1. The van der Waals surface area contributed by atoms with Crippen molar-refractivity contribution in [3.05, 3.63) is 46.9 Å². The fraction of sp³-hybridized carbons (Fsp3) is 0.400. The maximum absolute atomic E-state index is 14.7. The van der Waals surface area contributed by atoms with Crippen LogP contribution in [-0.4, -0.2) is 47.0 Å². The molecule has 1 aliphatic heterocycles. The number of hydrogen-bond acceptors (Lipinski definition) is 7. The van der Waals surface area contributed by atoms with Crippen LogP contribution in [0.15, 0.2) is 23.3 Å². The molecule has 0 spiro atoms. The molecule has 1 amide bonds. The summed E-state index contributed by atoms with van der Waals surface area (Å²) in [5.74, 6) is -4.56. The summed E-state index contributed by atoms with van der Waals surface area (Å²) in [7, 11) is 0. The summed E-state index contributed by atoms with van der Waals surface area (Å²) in [4.78, 5) is 23.7. The standard InChI is InChI=1S/C20H17F8N5O3/c1-8-15(30-6-13(31-8)35-7-19(23,24)25)16(34)32-9-3-10(14(22)11(21)4-9)18(2)5-12(20(26,27)28)36-17(29)33-18/h3-4,6,12H,5,7H2,1-2H3,(H2,29,33)(H,32,34)/t12-,18+/m0/s1. The minimum absolute atomic E-state index is 0.156. The minimum Gasteiger partial charge on any atom is -0.467 e. The Labute approximate surface area is 197 Å². The highest BCUT2D eigenvalue weighted by Gasteiger charge is 2.50. The van der Waals surface area contributed by atoms with E-state index in [4.69, 9.17) is 5.73 Å². The normalized spacial score (nSPS) is 20.4. The van der Waals surface area contributed by atoms with Gasteiger partial charge in [0.2, 0.25) is 5.88 Å². The fourth-order valence-electron chi connectivity index (χ4n) is 3.37. The van der Waals surface area contributed by atoms with Crippen molar-refractivity contribution in [3.8, 4) is 5.88 Å². The third kappa shape index (κ3) is 6.09. The number of alkyl halides is 6. The van der Waals surface area contributed by atoms with Gasteiger partial charge in [-0.3, -0.25) is 4.79 Å². The summed E-state index contributed by atoms with van der Waals surface area (Å²) in [6.45, 7) is 0.674. The van der Waals surface area contributed by atoms with Gasteiger partial charge in [-0.15, -0.1) is 0 Å². The van der Waals surface area contributed by atoms with Crippen molar-refractivity contribution in [1.29, 1.82) is 0 Å². The highest BCUT2D eigenvalue weighted by molar-refractivity contribution is 6.03. The molecule has 196 valence electrons. The molecule has 16 heteroatoms. The number of amides is 1. The Morgan fingerprint density at radius 3 is 2.50 bits per heavy atom. The second kappa shape index (κ2) is 9.39. The summed E-state index contributed by atoms with van der Waals surface area (Å²) in [6, 6.07) is 0.547. The molecule has 0 unspecified atom stereocenters. The number of nitrogens with two attached hydrogens (primary N) is 1. The lowest BCUT2D eigenvalue weighted by Crippen LogP contribution is -2.46. The number of amidine groups is 1. The van der Waals surface area contributed by atoms with Crippen LogP contribution >= 0.6 is 0 Å². The van der Waals surface area contributed by atoms with Crippen molar-refractivity contribution in [2.45, 2.75) is 44.3 Å². The first kappa shape index (κ1) is 26.9. The number of nitrogens with zero attached hydrogens (tertiary/aromatic N) is 3. The molecule has 1 aliphatic rings. The lowest BCUT2D eigenvalue weighted by atomic mass is 9.85. The van der Waals surface area contributed by atoms with Crippen LogP contribution in [0.1, 0.15) is 35.1 Å². The molecular weight excluding hydrogens is 510 g/mol. The third-order valence-electron chi connectivity index (χ3n) is 4.96. The number of ether oxygens (including phenoxy) is 2. The summed E-state index contributed by atoms with van der Waals surface area (Å²) in [5, 5.41) is 2.19. The van der Waals surface area contributed by atoms with Gasteiger partial charge < -0.3 is 20.5 Å². The highest BCUT2D eigenvalue weighted by atomic mass is 19.4. The van der Waals surface area contributed by atoms with E-state index in [0.29, 0.717) is 6.07 Å². The number of aliphatic imine (C=N–C) groups is 1. The van der Waals surface area contributed by atoms with E-state index >= 15 is 0 Å². The largest absolute Gasteiger partial charge is 0.467 e. The minimum atomic E-state index is -4.88. The van der Waals surface area contributed by atoms with Crippen LogP contribution in [0.3, 0.4) is 0 Å². The van der Waals surface area contributed by atoms with Gasteiger partial charge in [-0.05, 0) is 19.9 Å². The maximum Gasteiger partial charge on any atom is 0.425 e. The number of hydrogen-bond donors (Lipinski definition) is 2. The molecule has 0 radical (unpaired) electrons. The van der Waals surface area contributed by atoms with Gasteiger partial charge in [0.05, 0.1) is 17.4 Å². The molecule has 3 rings (SSSR count). The topological polar surface area (TPSA) is 112 Å². The predicted molar refractivity (Wildman–Crippen MR) is 107 cm³/mol. The predicted octanol–water partition coefficient (Wildman–Crippen LogP) is 4.14. The zero-order valence-corrected chi connectivity index (χ0v) is 18.4. The van der Waals surface area contributed by atoms with E-state index < -0.39 is 77.7 Å². The molecule has 2 heterocycles. The zero-order valence-electron chi connectivity index (χ0n) is 18.4. The van der Waals surface area contributed by atoms with Gasteiger partial charge in [-0.2, -0.15) is 26.3 Å². The first-order chi connectivity index (χ1) is 16.5. The molecule has 0 saturated heterocycles. The molecule has 0 bridgehead atoms. The van der Waals surface area contributed by atoms with E-state index in [1.54, 1.807) is 0 Å². The number of anilines is 1. The number of aryl methyl sites for hydroxylation is 1. The monoisotopic (exact) mass is 527 g/mol. The molecule has 1 aromatic carbocycles. The Morgan fingerprint density at radius 2 is 1.92 bits per heavy atom. The van der Waals surface area contributed by atoms with Crippen LogP contribution in [-0.2, 0) is 10.3 Å². The van der Waals surface area contributed by atoms with E-state index in [1.807, 2.05) is 0 Å². The van der Waals surface area contributed by atoms with Gasteiger partial charge in [0.25, 0.3) is 11.9 Å². The van der Waals surface area contributed by atoms with Crippen LogP contribution in [0.2, 0.25) is 0 Å². The fourth-order valence-corrected chi connectivity index (χ4v) is 3.37.